The predicted molar refractivity (Wildman–Crippen MR) is 216 cm³/mol. The molecule has 3 amide bonds. The fraction of sp³-hybridized carbons (Fsp3) is 0.929. The van der Waals surface area contributed by atoms with E-state index < -0.39 is 91.5 Å². The molecule has 0 radical (unpaired) electrons. The number of hydrogen-bond acceptors (Lipinski definition) is 16. The Hall–Kier alpha value is -2.11. The SMILES string of the molecule is C[C@H](CCC(=O)N(CCCNC(=O)[C@H](O)[C@@H](O)[C@H](O)[C@H](O)CO)CCCNC(=O)[C@H](O)[C@@H](O)[C@H](O)[C@H](O)CO)[C@H]1CC[C@@H]2[C@H]3[C@H](O)C[C@@H]4C[C@H](O)CC[C@]4(C)[C@H]3C[C@H](O)[C@@]21C. The third-order valence-electron chi connectivity index (χ3n) is 15.5. The summed E-state index contributed by atoms with van der Waals surface area (Å²) in [6.07, 6.45) is -11.3. The number of hydrogen-bond donors (Lipinski definition) is 15. The van der Waals surface area contributed by atoms with E-state index in [1.165, 1.54) is 4.90 Å². The predicted octanol–water partition coefficient (Wildman–Crippen LogP) is -3.92. The Morgan fingerprint density at radius 2 is 1.23 bits per heavy atom. The lowest BCUT2D eigenvalue weighted by molar-refractivity contribution is -0.207. The zero-order valence-corrected chi connectivity index (χ0v) is 35.8. The maximum Gasteiger partial charge on any atom is 0.251 e. The molecule has 4 aliphatic rings. The van der Waals surface area contributed by atoms with Crippen LogP contribution in [0.3, 0.4) is 0 Å². The van der Waals surface area contributed by atoms with Crippen LogP contribution in [0.4, 0.5) is 0 Å². The van der Waals surface area contributed by atoms with Gasteiger partial charge >= 0.3 is 0 Å². The van der Waals surface area contributed by atoms with E-state index in [0.717, 1.165) is 25.7 Å². The average molecular weight is 878 g/mol. The normalized spacial score (nSPS) is 35.5. The van der Waals surface area contributed by atoms with E-state index in [-0.39, 0.29) is 98.4 Å². The smallest absolute Gasteiger partial charge is 0.251 e. The van der Waals surface area contributed by atoms with E-state index in [4.69, 9.17) is 10.2 Å². The summed E-state index contributed by atoms with van der Waals surface area (Å²) in [6, 6.07) is 0. The maximum absolute atomic E-state index is 13.9. The lowest BCUT2D eigenvalue weighted by Crippen LogP contribution is -2.62. The van der Waals surface area contributed by atoms with Crippen LogP contribution in [0.15, 0.2) is 0 Å². The van der Waals surface area contributed by atoms with E-state index in [2.05, 4.69) is 31.4 Å². The van der Waals surface area contributed by atoms with Crippen LogP contribution in [0.2, 0.25) is 0 Å². The van der Waals surface area contributed by atoms with Crippen molar-refractivity contribution in [2.45, 2.75) is 159 Å². The fourth-order valence-electron chi connectivity index (χ4n) is 11.7. The highest BCUT2D eigenvalue weighted by Crippen LogP contribution is 2.68. The molecule has 0 aromatic heterocycles. The molecular formula is C42H75N3O16. The van der Waals surface area contributed by atoms with Gasteiger partial charge in [-0.3, -0.25) is 14.4 Å². The zero-order chi connectivity index (χ0) is 45.6. The summed E-state index contributed by atoms with van der Waals surface area (Å²) in [4.78, 5) is 40.3. The topological polar surface area (TPSA) is 342 Å². The minimum atomic E-state index is -2.13. The molecule has 0 bridgehead atoms. The molecule has 19 nitrogen and oxygen atoms in total. The van der Waals surface area contributed by atoms with Gasteiger partial charge in [-0.2, -0.15) is 0 Å². The van der Waals surface area contributed by atoms with Crippen molar-refractivity contribution >= 4 is 17.7 Å². The third kappa shape index (κ3) is 11.4. The van der Waals surface area contributed by atoms with Gasteiger partial charge in [-0.25, -0.2) is 0 Å². The van der Waals surface area contributed by atoms with Gasteiger partial charge < -0.3 is 81.9 Å². The molecule has 0 aliphatic heterocycles. The molecule has 0 heterocycles. The largest absolute Gasteiger partial charge is 0.394 e. The number of nitrogens with one attached hydrogen (secondary N) is 2. The fourth-order valence-corrected chi connectivity index (χ4v) is 11.7. The van der Waals surface area contributed by atoms with Crippen molar-refractivity contribution in [3.8, 4) is 0 Å². The van der Waals surface area contributed by atoms with Gasteiger partial charge in [0.2, 0.25) is 5.91 Å². The first-order valence-corrected chi connectivity index (χ1v) is 22.2. The van der Waals surface area contributed by atoms with Crippen molar-refractivity contribution in [1.29, 1.82) is 0 Å². The standard InChI is InChI=1S/C42H75N3O16/c1-21(24-7-8-25-32-26(18-30(52)42(24,25)3)41(2)11-10-23(48)16-22(41)17-27(32)49)6-9-31(53)45(14-4-12-43-39(60)37(58)35(56)33(54)28(50)19-46)15-5-13-44-40(61)38(59)36(57)34(55)29(51)20-47/h21-30,32-38,46-52,54-59H,4-20H2,1-3H3,(H,43,60)(H,44,61)/t21-,22+,23-,24-,25-,26+,27-,28-,29-,30+,32-,33-,34-,35+,36+,37-,38-,41+,42-/m1/s1. The Balaban J connectivity index is 1.37. The molecule has 19 heteroatoms. The minimum Gasteiger partial charge on any atom is -0.394 e. The molecule has 0 spiro atoms. The van der Waals surface area contributed by atoms with E-state index in [1.54, 1.807) is 0 Å². The van der Waals surface area contributed by atoms with E-state index >= 15 is 0 Å². The van der Waals surface area contributed by atoms with Gasteiger partial charge in [0.05, 0.1) is 31.5 Å². The first-order valence-electron chi connectivity index (χ1n) is 22.2. The van der Waals surface area contributed by atoms with Crippen molar-refractivity contribution < 1.29 is 80.8 Å². The van der Waals surface area contributed by atoms with Crippen LogP contribution in [0.1, 0.15) is 91.4 Å². The average Bonchev–Trinajstić information content (AvgIpc) is 3.61. The van der Waals surface area contributed by atoms with Gasteiger partial charge in [0.25, 0.3) is 11.8 Å². The number of amides is 3. The first-order chi connectivity index (χ1) is 28.6. The molecule has 0 unspecified atom stereocenters. The monoisotopic (exact) mass is 878 g/mol. The van der Waals surface area contributed by atoms with Gasteiger partial charge in [0, 0.05) is 32.6 Å². The Labute approximate surface area is 357 Å². The summed E-state index contributed by atoms with van der Waals surface area (Å²) in [7, 11) is 0. The van der Waals surface area contributed by atoms with Crippen LogP contribution in [0, 0.1) is 46.3 Å². The van der Waals surface area contributed by atoms with Crippen LogP contribution in [0.25, 0.3) is 0 Å². The van der Waals surface area contributed by atoms with Gasteiger partial charge in [-0.1, -0.05) is 20.8 Å². The minimum absolute atomic E-state index is 0.0275. The second kappa shape index (κ2) is 22.2. The number of rotatable bonds is 22. The maximum atomic E-state index is 13.9. The quantitative estimate of drug-likeness (QED) is 0.0462. The summed E-state index contributed by atoms with van der Waals surface area (Å²) < 4.78 is 0. The summed E-state index contributed by atoms with van der Waals surface area (Å²) in [5.74, 6) is -1.73. The highest BCUT2D eigenvalue weighted by atomic mass is 16.4. The van der Waals surface area contributed by atoms with Gasteiger partial charge in [-0.05, 0) is 111 Å². The summed E-state index contributed by atoms with van der Waals surface area (Å²) in [5, 5.41) is 136. The highest BCUT2D eigenvalue weighted by Gasteiger charge is 2.65. The Bertz CT molecular complexity index is 1380. The molecule has 4 rings (SSSR count). The van der Waals surface area contributed by atoms with Crippen molar-refractivity contribution in [3.63, 3.8) is 0 Å². The van der Waals surface area contributed by atoms with Gasteiger partial charge in [0.1, 0.15) is 36.6 Å². The molecule has 4 saturated carbocycles. The Morgan fingerprint density at radius 1 is 0.705 bits per heavy atom. The van der Waals surface area contributed by atoms with Gasteiger partial charge in [-0.15, -0.1) is 0 Å². The Morgan fingerprint density at radius 3 is 1.74 bits per heavy atom. The van der Waals surface area contributed by atoms with E-state index in [1.807, 2.05) is 0 Å². The number of nitrogens with zero attached hydrogens (tertiary/aromatic N) is 1. The molecule has 4 aliphatic carbocycles. The van der Waals surface area contributed by atoms with Crippen molar-refractivity contribution in [3.05, 3.63) is 0 Å². The van der Waals surface area contributed by atoms with E-state index in [0.29, 0.717) is 25.7 Å². The molecule has 0 aromatic carbocycles. The highest BCUT2D eigenvalue weighted by molar-refractivity contribution is 5.81. The van der Waals surface area contributed by atoms with Gasteiger partial charge in [0.15, 0.2) is 12.2 Å². The molecule has 19 atom stereocenters. The third-order valence-corrected chi connectivity index (χ3v) is 15.5. The summed E-state index contributed by atoms with van der Waals surface area (Å²) >= 11 is 0. The van der Waals surface area contributed by atoms with Crippen molar-refractivity contribution in [1.82, 2.24) is 15.5 Å². The molecule has 61 heavy (non-hydrogen) atoms. The van der Waals surface area contributed by atoms with Crippen LogP contribution in [-0.4, -0.2) is 196 Å². The lowest BCUT2D eigenvalue weighted by Gasteiger charge is -2.63. The van der Waals surface area contributed by atoms with Crippen LogP contribution < -0.4 is 10.6 Å². The second-order valence-electron chi connectivity index (χ2n) is 19.1. The van der Waals surface area contributed by atoms with Crippen molar-refractivity contribution in [2.24, 2.45) is 46.3 Å². The molecule has 4 fully saturated rings. The lowest BCUT2D eigenvalue weighted by atomic mass is 9.43. The van der Waals surface area contributed by atoms with Crippen molar-refractivity contribution in [2.75, 3.05) is 39.4 Å². The van der Waals surface area contributed by atoms with Crippen LogP contribution in [-0.2, 0) is 14.4 Å². The first kappa shape index (κ1) is 51.5. The van der Waals surface area contributed by atoms with Crippen LogP contribution >= 0.6 is 0 Å². The molecule has 0 aromatic rings. The molecule has 15 N–H and O–H groups in total. The number of carbonyl (C=O) groups excluding carboxylic acids is 3. The second-order valence-corrected chi connectivity index (χ2v) is 19.1. The molecule has 0 saturated heterocycles. The zero-order valence-electron chi connectivity index (χ0n) is 35.8. The Kier molecular flexibility index (Phi) is 18.7. The van der Waals surface area contributed by atoms with Crippen LogP contribution in [0.5, 0.6) is 0 Å². The number of carbonyl (C=O) groups is 3. The van der Waals surface area contributed by atoms with E-state index in [9.17, 15) is 70.6 Å². The number of fused-ring (bicyclic) bond motifs is 5. The summed E-state index contributed by atoms with van der Waals surface area (Å²) in [6.45, 7) is 4.76. The summed E-state index contributed by atoms with van der Waals surface area (Å²) in [5.41, 5.74) is -0.524. The molecular weight excluding hydrogens is 802 g/mol. The molecule has 354 valence electrons. The number of aliphatic hydroxyl groups excluding tert-OH is 13. The number of aliphatic hydroxyl groups is 13.